The first kappa shape index (κ1) is 12.3. The average molecular weight is 264 g/mol. The van der Waals surface area contributed by atoms with Crippen molar-refractivity contribution in [3.8, 4) is 0 Å². The molecule has 0 bridgehead atoms. The fourth-order valence-electron chi connectivity index (χ4n) is 2.34. The van der Waals surface area contributed by atoms with Gasteiger partial charge in [0.25, 0.3) is 0 Å². The molecule has 1 saturated heterocycles. The van der Waals surface area contributed by atoms with Gasteiger partial charge in [-0.05, 0) is 26.8 Å². The number of nitrogens with one attached hydrogen (secondary N) is 2. The van der Waals surface area contributed by atoms with Gasteiger partial charge in [-0.15, -0.1) is 0 Å². The van der Waals surface area contributed by atoms with Crippen molar-refractivity contribution in [2.75, 3.05) is 18.4 Å². The SMILES string of the molecule is CC(C)n1cnc2c(N[C@H]3CCNC3)nc(F)nc21. The van der Waals surface area contributed by atoms with Crippen molar-refractivity contribution in [3.63, 3.8) is 0 Å². The minimum absolute atomic E-state index is 0.181. The minimum atomic E-state index is -0.719. The van der Waals surface area contributed by atoms with E-state index in [0.717, 1.165) is 19.5 Å². The summed E-state index contributed by atoms with van der Waals surface area (Å²) in [6.45, 7) is 5.84. The van der Waals surface area contributed by atoms with Crippen molar-refractivity contribution in [2.45, 2.75) is 32.4 Å². The van der Waals surface area contributed by atoms with E-state index >= 15 is 0 Å². The third kappa shape index (κ3) is 2.25. The van der Waals surface area contributed by atoms with Crippen LogP contribution in [0.25, 0.3) is 11.2 Å². The summed E-state index contributed by atoms with van der Waals surface area (Å²) in [5.41, 5.74) is 1.16. The lowest BCUT2D eigenvalue weighted by atomic mass is 10.2. The number of hydrogen-bond donors (Lipinski definition) is 2. The maximum absolute atomic E-state index is 13.6. The quantitative estimate of drug-likeness (QED) is 0.818. The van der Waals surface area contributed by atoms with E-state index in [4.69, 9.17) is 0 Å². The molecule has 6 nitrogen and oxygen atoms in total. The van der Waals surface area contributed by atoms with Gasteiger partial charge in [0.05, 0.1) is 6.33 Å². The Morgan fingerprint density at radius 1 is 1.47 bits per heavy atom. The Kier molecular flexibility index (Phi) is 3.06. The molecule has 0 aromatic carbocycles. The molecule has 1 atom stereocenters. The molecule has 1 aliphatic heterocycles. The van der Waals surface area contributed by atoms with Gasteiger partial charge in [-0.1, -0.05) is 0 Å². The molecule has 0 aliphatic carbocycles. The molecule has 0 spiro atoms. The molecule has 1 aliphatic rings. The smallest absolute Gasteiger partial charge is 0.312 e. The number of nitrogens with zero attached hydrogens (tertiary/aromatic N) is 4. The van der Waals surface area contributed by atoms with Crippen LogP contribution in [0, 0.1) is 6.08 Å². The molecule has 0 unspecified atom stereocenters. The van der Waals surface area contributed by atoms with Crippen molar-refractivity contribution in [2.24, 2.45) is 0 Å². The predicted molar refractivity (Wildman–Crippen MR) is 70.6 cm³/mol. The zero-order valence-electron chi connectivity index (χ0n) is 11.0. The molecular weight excluding hydrogens is 247 g/mol. The van der Waals surface area contributed by atoms with Crippen LogP contribution in [0.15, 0.2) is 6.33 Å². The third-order valence-corrected chi connectivity index (χ3v) is 3.35. The normalized spacial score (nSPS) is 19.5. The molecule has 7 heteroatoms. The van der Waals surface area contributed by atoms with Gasteiger partial charge in [0.2, 0.25) is 0 Å². The van der Waals surface area contributed by atoms with Crippen LogP contribution in [-0.4, -0.2) is 38.7 Å². The van der Waals surface area contributed by atoms with Crippen molar-refractivity contribution in [1.82, 2.24) is 24.8 Å². The fourth-order valence-corrected chi connectivity index (χ4v) is 2.34. The zero-order valence-corrected chi connectivity index (χ0v) is 11.0. The Labute approximate surface area is 110 Å². The van der Waals surface area contributed by atoms with E-state index in [2.05, 4.69) is 25.6 Å². The Bertz CT molecular complexity index is 587. The standard InChI is InChI=1S/C12H17FN6/c1-7(2)19-6-15-9-10(16-8-3-4-14-5-8)17-12(13)18-11(9)19/h6-8,14H,3-5H2,1-2H3,(H,16,17,18)/t8-/m0/s1. The van der Waals surface area contributed by atoms with Gasteiger partial charge in [0.15, 0.2) is 17.0 Å². The van der Waals surface area contributed by atoms with Gasteiger partial charge in [-0.25, -0.2) is 4.98 Å². The molecule has 0 saturated carbocycles. The lowest BCUT2D eigenvalue weighted by Gasteiger charge is -2.12. The highest BCUT2D eigenvalue weighted by Gasteiger charge is 2.19. The number of hydrogen-bond acceptors (Lipinski definition) is 5. The molecule has 0 radical (unpaired) electrons. The molecule has 1 fully saturated rings. The number of fused-ring (bicyclic) bond motifs is 1. The van der Waals surface area contributed by atoms with Crippen LogP contribution in [0.4, 0.5) is 10.2 Å². The van der Waals surface area contributed by atoms with Gasteiger partial charge in [0.1, 0.15) is 0 Å². The van der Waals surface area contributed by atoms with E-state index < -0.39 is 6.08 Å². The van der Waals surface area contributed by atoms with Crippen LogP contribution in [0.3, 0.4) is 0 Å². The van der Waals surface area contributed by atoms with Crippen molar-refractivity contribution in [3.05, 3.63) is 12.4 Å². The summed E-state index contributed by atoms with van der Waals surface area (Å²) in [5.74, 6) is 0.482. The Hall–Kier alpha value is -1.76. The Balaban J connectivity index is 2.03. The molecule has 102 valence electrons. The number of aromatic nitrogens is 4. The summed E-state index contributed by atoms with van der Waals surface area (Å²) in [7, 11) is 0. The van der Waals surface area contributed by atoms with E-state index in [0.29, 0.717) is 17.0 Å². The molecular formula is C12H17FN6. The lowest BCUT2D eigenvalue weighted by molar-refractivity contribution is 0.537. The molecule has 2 aromatic heterocycles. The van der Waals surface area contributed by atoms with Crippen LogP contribution < -0.4 is 10.6 Å². The first-order chi connectivity index (χ1) is 9.15. The van der Waals surface area contributed by atoms with Crippen molar-refractivity contribution < 1.29 is 4.39 Å². The highest BCUT2D eigenvalue weighted by Crippen LogP contribution is 2.22. The summed E-state index contributed by atoms with van der Waals surface area (Å²) >= 11 is 0. The van der Waals surface area contributed by atoms with Gasteiger partial charge >= 0.3 is 6.08 Å². The summed E-state index contributed by atoms with van der Waals surface area (Å²) in [6, 6.07) is 0.446. The van der Waals surface area contributed by atoms with Crippen molar-refractivity contribution >= 4 is 17.0 Å². The summed E-state index contributed by atoms with van der Waals surface area (Å²) < 4.78 is 15.4. The van der Waals surface area contributed by atoms with E-state index in [1.54, 1.807) is 6.33 Å². The van der Waals surface area contributed by atoms with Gasteiger partial charge in [0, 0.05) is 18.6 Å². The topological polar surface area (TPSA) is 67.7 Å². The number of anilines is 1. The predicted octanol–water partition coefficient (Wildman–Crippen LogP) is 1.32. The fraction of sp³-hybridized carbons (Fsp3) is 0.583. The van der Waals surface area contributed by atoms with Gasteiger partial charge in [-0.2, -0.15) is 14.4 Å². The summed E-state index contributed by atoms with van der Waals surface area (Å²) in [6.07, 6.45) is 1.96. The van der Waals surface area contributed by atoms with Crippen LogP contribution in [0.5, 0.6) is 0 Å². The third-order valence-electron chi connectivity index (χ3n) is 3.35. The second-order valence-electron chi connectivity index (χ2n) is 5.09. The van der Waals surface area contributed by atoms with E-state index in [-0.39, 0.29) is 12.1 Å². The van der Waals surface area contributed by atoms with Gasteiger partial charge < -0.3 is 15.2 Å². The molecule has 19 heavy (non-hydrogen) atoms. The van der Waals surface area contributed by atoms with E-state index in [9.17, 15) is 4.39 Å². The number of imidazole rings is 1. The highest BCUT2D eigenvalue weighted by molar-refractivity contribution is 5.82. The Morgan fingerprint density at radius 3 is 3.00 bits per heavy atom. The first-order valence-electron chi connectivity index (χ1n) is 6.52. The average Bonchev–Trinajstić information content (AvgIpc) is 2.97. The highest BCUT2D eigenvalue weighted by atomic mass is 19.1. The summed E-state index contributed by atoms with van der Waals surface area (Å²) in [4.78, 5) is 12.0. The maximum Gasteiger partial charge on any atom is 0.312 e. The largest absolute Gasteiger partial charge is 0.364 e. The van der Waals surface area contributed by atoms with Crippen LogP contribution in [0.1, 0.15) is 26.3 Å². The van der Waals surface area contributed by atoms with Crippen LogP contribution in [0.2, 0.25) is 0 Å². The second-order valence-corrected chi connectivity index (χ2v) is 5.09. The summed E-state index contributed by atoms with van der Waals surface area (Å²) in [5, 5.41) is 6.50. The zero-order chi connectivity index (χ0) is 13.4. The molecule has 3 rings (SSSR count). The maximum atomic E-state index is 13.6. The Morgan fingerprint density at radius 2 is 2.32 bits per heavy atom. The molecule has 2 N–H and O–H groups in total. The van der Waals surface area contributed by atoms with E-state index in [1.807, 2.05) is 18.4 Å². The first-order valence-corrected chi connectivity index (χ1v) is 6.52. The lowest BCUT2D eigenvalue weighted by Crippen LogP contribution is -2.23. The molecule has 2 aromatic rings. The molecule has 0 amide bonds. The van der Waals surface area contributed by atoms with Crippen LogP contribution in [-0.2, 0) is 0 Å². The van der Waals surface area contributed by atoms with E-state index in [1.165, 1.54) is 0 Å². The van der Waals surface area contributed by atoms with Crippen LogP contribution >= 0.6 is 0 Å². The number of halogens is 1. The number of rotatable bonds is 3. The van der Waals surface area contributed by atoms with Crippen molar-refractivity contribution in [1.29, 1.82) is 0 Å². The monoisotopic (exact) mass is 264 g/mol. The minimum Gasteiger partial charge on any atom is -0.364 e. The van der Waals surface area contributed by atoms with Gasteiger partial charge in [-0.3, -0.25) is 0 Å². The second kappa shape index (κ2) is 4.73. The molecule has 3 heterocycles.